The van der Waals surface area contributed by atoms with Gasteiger partial charge in [0.05, 0.1) is 17.4 Å². The van der Waals surface area contributed by atoms with Gasteiger partial charge in [-0.1, -0.05) is 13.8 Å². The minimum Gasteiger partial charge on any atom is -0.349 e. The van der Waals surface area contributed by atoms with Crippen LogP contribution in [0.15, 0.2) is 18.5 Å². The molecule has 5 heteroatoms. The maximum absolute atomic E-state index is 12.3. The molecule has 0 aromatic carbocycles. The number of hydrazine groups is 1. The molecular formula is C14H22N4O. The van der Waals surface area contributed by atoms with Crippen LogP contribution in [0.25, 0.3) is 0 Å². The first-order valence-corrected chi connectivity index (χ1v) is 6.83. The third-order valence-corrected chi connectivity index (χ3v) is 3.97. The topological polar surface area (TPSA) is 80.0 Å². The Morgan fingerprint density at radius 2 is 2.21 bits per heavy atom. The molecule has 1 saturated carbocycles. The van der Waals surface area contributed by atoms with E-state index in [-0.39, 0.29) is 11.9 Å². The van der Waals surface area contributed by atoms with E-state index in [0.717, 1.165) is 12.3 Å². The van der Waals surface area contributed by atoms with Gasteiger partial charge in [0.25, 0.3) is 5.91 Å². The molecule has 0 bridgehead atoms. The van der Waals surface area contributed by atoms with E-state index in [9.17, 15) is 4.79 Å². The lowest BCUT2D eigenvalue weighted by Crippen LogP contribution is -2.42. The normalized spacial score (nSPS) is 26.8. The van der Waals surface area contributed by atoms with Gasteiger partial charge < -0.3 is 10.7 Å². The Morgan fingerprint density at radius 3 is 2.89 bits per heavy atom. The molecule has 104 valence electrons. The van der Waals surface area contributed by atoms with Crippen molar-refractivity contribution < 1.29 is 4.79 Å². The summed E-state index contributed by atoms with van der Waals surface area (Å²) in [5.41, 5.74) is 3.61. The SMILES string of the molecule is CC1CCC(NC(=O)c2ccncc2NN)C(C)C1. The fourth-order valence-electron chi connectivity index (χ4n) is 2.83. The monoisotopic (exact) mass is 262 g/mol. The van der Waals surface area contributed by atoms with Crippen LogP contribution in [-0.4, -0.2) is 16.9 Å². The van der Waals surface area contributed by atoms with Crippen LogP contribution < -0.4 is 16.6 Å². The molecule has 0 spiro atoms. The lowest BCUT2D eigenvalue weighted by molar-refractivity contribution is 0.0900. The van der Waals surface area contributed by atoms with Gasteiger partial charge in [-0.25, -0.2) is 0 Å². The number of hydrogen-bond acceptors (Lipinski definition) is 4. The third-order valence-electron chi connectivity index (χ3n) is 3.97. The molecule has 3 unspecified atom stereocenters. The van der Waals surface area contributed by atoms with Crippen LogP contribution in [0.5, 0.6) is 0 Å². The Labute approximate surface area is 114 Å². The first-order valence-electron chi connectivity index (χ1n) is 6.83. The van der Waals surface area contributed by atoms with Crippen molar-refractivity contribution in [3.05, 3.63) is 24.0 Å². The fourth-order valence-corrected chi connectivity index (χ4v) is 2.83. The van der Waals surface area contributed by atoms with E-state index < -0.39 is 0 Å². The molecule has 1 aliphatic carbocycles. The van der Waals surface area contributed by atoms with E-state index in [1.54, 1.807) is 18.5 Å². The number of carbonyl (C=O) groups excluding carboxylic acids is 1. The lowest BCUT2D eigenvalue weighted by Gasteiger charge is -2.33. The van der Waals surface area contributed by atoms with Crippen LogP contribution in [0.3, 0.4) is 0 Å². The largest absolute Gasteiger partial charge is 0.349 e. The summed E-state index contributed by atoms with van der Waals surface area (Å²) in [5, 5.41) is 3.12. The minimum absolute atomic E-state index is 0.0817. The van der Waals surface area contributed by atoms with Crippen LogP contribution in [0.1, 0.15) is 43.5 Å². The lowest BCUT2D eigenvalue weighted by atomic mass is 9.80. The Morgan fingerprint density at radius 1 is 1.42 bits per heavy atom. The molecule has 19 heavy (non-hydrogen) atoms. The molecule has 1 aromatic heterocycles. The van der Waals surface area contributed by atoms with Gasteiger partial charge in [-0.05, 0) is 37.2 Å². The number of hydrogen-bond donors (Lipinski definition) is 3. The second kappa shape index (κ2) is 6.02. The van der Waals surface area contributed by atoms with E-state index in [1.165, 1.54) is 12.8 Å². The highest BCUT2D eigenvalue weighted by Crippen LogP contribution is 2.29. The quantitative estimate of drug-likeness (QED) is 0.574. The molecule has 1 aromatic rings. The van der Waals surface area contributed by atoms with Crippen molar-refractivity contribution in [3.63, 3.8) is 0 Å². The van der Waals surface area contributed by atoms with Gasteiger partial charge in [0.15, 0.2) is 0 Å². The van der Waals surface area contributed by atoms with E-state index in [4.69, 9.17) is 5.84 Å². The number of rotatable bonds is 3. The Balaban J connectivity index is 2.04. The van der Waals surface area contributed by atoms with E-state index in [0.29, 0.717) is 17.2 Å². The highest BCUT2D eigenvalue weighted by Gasteiger charge is 2.27. The number of nitrogens with zero attached hydrogens (tertiary/aromatic N) is 1. The van der Waals surface area contributed by atoms with Crippen molar-refractivity contribution in [2.75, 3.05) is 5.43 Å². The van der Waals surface area contributed by atoms with Crippen molar-refractivity contribution in [2.24, 2.45) is 17.7 Å². The molecule has 0 radical (unpaired) electrons. The minimum atomic E-state index is -0.0817. The van der Waals surface area contributed by atoms with Crippen molar-refractivity contribution in [1.29, 1.82) is 0 Å². The van der Waals surface area contributed by atoms with Crippen LogP contribution in [0.4, 0.5) is 5.69 Å². The van der Waals surface area contributed by atoms with Crippen LogP contribution >= 0.6 is 0 Å². The van der Waals surface area contributed by atoms with E-state index >= 15 is 0 Å². The molecule has 1 heterocycles. The molecule has 1 fully saturated rings. The summed E-state index contributed by atoms with van der Waals surface area (Å²) in [6, 6.07) is 1.93. The average Bonchev–Trinajstić information content (AvgIpc) is 2.41. The summed E-state index contributed by atoms with van der Waals surface area (Å²) in [7, 11) is 0. The second-order valence-corrected chi connectivity index (χ2v) is 5.54. The van der Waals surface area contributed by atoms with Crippen LogP contribution in [0, 0.1) is 11.8 Å². The zero-order chi connectivity index (χ0) is 13.8. The zero-order valence-corrected chi connectivity index (χ0v) is 11.5. The molecule has 5 nitrogen and oxygen atoms in total. The third kappa shape index (κ3) is 3.23. The number of carbonyl (C=O) groups is 1. The maximum atomic E-state index is 12.3. The number of anilines is 1. The number of aromatic nitrogens is 1. The molecule has 2 rings (SSSR count). The number of nitrogen functional groups attached to an aromatic ring is 1. The maximum Gasteiger partial charge on any atom is 0.253 e. The van der Waals surface area contributed by atoms with Gasteiger partial charge in [0.1, 0.15) is 0 Å². The highest BCUT2D eigenvalue weighted by atomic mass is 16.1. The molecule has 4 N–H and O–H groups in total. The Hall–Kier alpha value is -1.62. The summed E-state index contributed by atoms with van der Waals surface area (Å²) in [6.07, 6.45) is 6.55. The predicted octanol–water partition coefficient (Wildman–Crippen LogP) is 1.92. The van der Waals surface area contributed by atoms with Gasteiger partial charge in [0.2, 0.25) is 0 Å². The number of nitrogens with one attached hydrogen (secondary N) is 2. The van der Waals surface area contributed by atoms with Crippen molar-refractivity contribution >= 4 is 11.6 Å². The van der Waals surface area contributed by atoms with Crippen LogP contribution in [-0.2, 0) is 0 Å². The second-order valence-electron chi connectivity index (χ2n) is 5.54. The van der Waals surface area contributed by atoms with Gasteiger partial charge in [-0.3, -0.25) is 15.6 Å². The predicted molar refractivity (Wildman–Crippen MR) is 75.5 cm³/mol. The molecule has 1 amide bonds. The zero-order valence-electron chi connectivity index (χ0n) is 11.5. The van der Waals surface area contributed by atoms with Gasteiger partial charge >= 0.3 is 0 Å². The van der Waals surface area contributed by atoms with Crippen LogP contribution in [0.2, 0.25) is 0 Å². The van der Waals surface area contributed by atoms with Gasteiger partial charge in [-0.15, -0.1) is 0 Å². The molecule has 0 saturated heterocycles. The fraction of sp³-hybridized carbons (Fsp3) is 0.571. The highest BCUT2D eigenvalue weighted by molar-refractivity contribution is 5.99. The number of nitrogens with two attached hydrogens (primary N) is 1. The summed E-state index contributed by atoms with van der Waals surface area (Å²) >= 11 is 0. The first kappa shape index (κ1) is 13.8. The Kier molecular flexibility index (Phi) is 4.37. The smallest absolute Gasteiger partial charge is 0.253 e. The summed E-state index contributed by atoms with van der Waals surface area (Å²) < 4.78 is 0. The van der Waals surface area contributed by atoms with E-state index in [1.807, 2.05) is 0 Å². The molecule has 1 aliphatic rings. The average molecular weight is 262 g/mol. The van der Waals surface area contributed by atoms with Crippen molar-refractivity contribution in [3.8, 4) is 0 Å². The first-order chi connectivity index (χ1) is 9.11. The Bertz CT molecular complexity index is 449. The van der Waals surface area contributed by atoms with Gasteiger partial charge in [-0.2, -0.15) is 0 Å². The number of pyridine rings is 1. The standard InChI is InChI=1S/C14H22N4O/c1-9-3-4-12(10(2)7-9)17-14(19)11-5-6-16-8-13(11)18-15/h5-6,8-10,12,18H,3-4,7,15H2,1-2H3,(H,17,19). The summed E-state index contributed by atoms with van der Waals surface area (Å²) in [4.78, 5) is 16.2. The van der Waals surface area contributed by atoms with E-state index in [2.05, 4.69) is 29.6 Å². The summed E-state index contributed by atoms with van der Waals surface area (Å²) in [6.45, 7) is 4.48. The van der Waals surface area contributed by atoms with Crippen molar-refractivity contribution in [1.82, 2.24) is 10.3 Å². The molecule has 3 atom stereocenters. The molecular weight excluding hydrogens is 240 g/mol. The van der Waals surface area contributed by atoms with Gasteiger partial charge in [0, 0.05) is 12.2 Å². The van der Waals surface area contributed by atoms with Crippen molar-refractivity contribution in [2.45, 2.75) is 39.2 Å². The summed E-state index contributed by atoms with van der Waals surface area (Å²) in [5.74, 6) is 6.59. The number of amides is 1. The molecule has 0 aliphatic heterocycles.